The SMILES string of the molecule is Oc1c(I)cc(I)cc1CN1CCN2CCCC2C1C1CCCCC1. The summed E-state index contributed by atoms with van der Waals surface area (Å²) in [6.07, 6.45) is 9.79. The molecule has 3 nitrogen and oxygen atoms in total. The maximum Gasteiger partial charge on any atom is 0.133 e. The summed E-state index contributed by atoms with van der Waals surface area (Å²) >= 11 is 4.63. The standard InChI is InChI=1S/C20H28I2N2O/c21-16-11-15(20(25)17(22)12-16)13-24-10-9-23-8-4-7-18(23)19(24)14-5-2-1-3-6-14/h11-12,14,18-19,25H,1-10,13H2. The molecule has 2 aliphatic heterocycles. The van der Waals surface area contributed by atoms with Crippen LogP contribution in [0, 0.1) is 13.1 Å². The van der Waals surface area contributed by atoms with Crippen LogP contribution >= 0.6 is 45.2 Å². The minimum atomic E-state index is 0.497. The summed E-state index contributed by atoms with van der Waals surface area (Å²) < 4.78 is 2.21. The highest BCUT2D eigenvalue weighted by molar-refractivity contribution is 14.1. The van der Waals surface area contributed by atoms with Crippen molar-refractivity contribution in [3.05, 3.63) is 24.8 Å². The second-order valence-corrected chi connectivity index (χ2v) is 10.4. The molecule has 0 radical (unpaired) electrons. The molecule has 25 heavy (non-hydrogen) atoms. The fraction of sp³-hybridized carbons (Fsp3) is 0.700. The van der Waals surface area contributed by atoms with Gasteiger partial charge in [-0.1, -0.05) is 19.3 Å². The minimum Gasteiger partial charge on any atom is -0.507 e. The molecule has 2 unspecified atom stereocenters. The predicted octanol–water partition coefficient (Wildman–Crippen LogP) is 4.83. The van der Waals surface area contributed by atoms with E-state index in [1.165, 1.54) is 61.6 Å². The maximum atomic E-state index is 10.6. The zero-order valence-electron chi connectivity index (χ0n) is 14.8. The van der Waals surface area contributed by atoms with E-state index in [9.17, 15) is 5.11 Å². The van der Waals surface area contributed by atoms with Crippen LogP contribution in [-0.4, -0.2) is 46.6 Å². The number of benzene rings is 1. The van der Waals surface area contributed by atoms with Gasteiger partial charge in [-0.2, -0.15) is 0 Å². The van der Waals surface area contributed by atoms with Crippen LogP contribution in [-0.2, 0) is 6.54 Å². The van der Waals surface area contributed by atoms with E-state index in [-0.39, 0.29) is 0 Å². The van der Waals surface area contributed by atoms with Crippen LogP contribution in [0.15, 0.2) is 12.1 Å². The third-order valence-electron chi connectivity index (χ3n) is 6.52. The summed E-state index contributed by atoms with van der Waals surface area (Å²) in [7, 11) is 0. The van der Waals surface area contributed by atoms with Gasteiger partial charge in [-0.3, -0.25) is 9.80 Å². The summed E-state index contributed by atoms with van der Waals surface area (Å²) in [5.74, 6) is 1.35. The van der Waals surface area contributed by atoms with Crippen molar-refractivity contribution in [3.8, 4) is 5.75 Å². The Balaban J connectivity index is 1.60. The highest BCUT2D eigenvalue weighted by Gasteiger charge is 2.43. The largest absolute Gasteiger partial charge is 0.507 e. The lowest BCUT2D eigenvalue weighted by atomic mass is 9.78. The van der Waals surface area contributed by atoms with Crippen molar-refractivity contribution in [2.75, 3.05) is 19.6 Å². The highest BCUT2D eigenvalue weighted by Crippen LogP contribution is 2.39. The van der Waals surface area contributed by atoms with E-state index < -0.39 is 0 Å². The van der Waals surface area contributed by atoms with Crippen molar-refractivity contribution in [1.82, 2.24) is 9.80 Å². The van der Waals surface area contributed by atoms with Crippen molar-refractivity contribution in [2.45, 2.75) is 63.6 Å². The third kappa shape index (κ3) is 3.99. The molecule has 1 aromatic rings. The van der Waals surface area contributed by atoms with E-state index in [1.54, 1.807) is 0 Å². The third-order valence-corrected chi connectivity index (χ3v) is 7.96. The van der Waals surface area contributed by atoms with Crippen LogP contribution in [0.25, 0.3) is 0 Å². The van der Waals surface area contributed by atoms with Crippen LogP contribution < -0.4 is 0 Å². The second-order valence-electron chi connectivity index (χ2n) is 8.00. The van der Waals surface area contributed by atoms with Gasteiger partial charge in [0, 0.05) is 40.9 Å². The van der Waals surface area contributed by atoms with Gasteiger partial charge in [0.1, 0.15) is 5.75 Å². The van der Waals surface area contributed by atoms with E-state index in [0.29, 0.717) is 11.8 Å². The molecular formula is C20H28I2N2O. The van der Waals surface area contributed by atoms with E-state index in [0.717, 1.165) is 34.2 Å². The quantitative estimate of drug-likeness (QED) is 0.532. The number of piperazine rings is 1. The normalized spacial score (nSPS) is 29.0. The van der Waals surface area contributed by atoms with Crippen LogP contribution in [0.5, 0.6) is 5.75 Å². The molecule has 0 spiro atoms. The van der Waals surface area contributed by atoms with E-state index in [1.807, 2.05) is 0 Å². The Morgan fingerprint density at radius 2 is 1.76 bits per heavy atom. The molecule has 1 saturated carbocycles. The lowest BCUT2D eigenvalue weighted by Gasteiger charge is -2.49. The highest BCUT2D eigenvalue weighted by atomic mass is 127. The Morgan fingerprint density at radius 1 is 0.960 bits per heavy atom. The first kappa shape index (κ1) is 18.7. The van der Waals surface area contributed by atoms with Gasteiger partial charge in [0.25, 0.3) is 0 Å². The van der Waals surface area contributed by atoms with Crippen molar-refractivity contribution in [1.29, 1.82) is 0 Å². The first-order chi connectivity index (χ1) is 12.1. The number of fused-ring (bicyclic) bond motifs is 1. The van der Waals surface area contributed by atoms with Gasteiger partial charge in [0.2, 0.25) is 0 Å². The van der Waals surface area contributed by atoms with Gasteiger partial charge in [0.05, 0.1) is 3.57 Å². The van der Waals surface area contributed by atoms with Crippen molar-refractivity contribution in [3.63, 3.8) is 0 Å². The van der Waals surface area contributed by atoms with Gasteiger partial charge in [-0.25, -0.2) is 0 Å². The number of phenolic OH excluding ortho intramolecular Hbond substituents is 1. The molecule has 1 aromatic carbocycles. The van der Waals surface area contributed by atoms with Crippen molar-refractivity contribution < 1.29 is 5.11 Å². The Labute approximate surface area is 178 Å². The molecule has 5 heteroatoms. The van der Waals surface area contributed by atoms with Crippen LogP contribution in [0.4, 0.5) is 0 Å². The van der Waals surface area contributed by atoms with Gasteiger partial charge < -0.3 is 5.11 Å². The van der Waals surface area contributed by atoms with Gasteiger partial charge in [-0.15, -0.1) is 0 Å². The first-order valence-corrected chi connectivity index (χ1v) is 11.9. The van der Waals surface area contributed by atoms with Crippen LogP contribution in [0.1, 0.15) is 50.5 Å². The summed E-state index contributed by atoms with van der Waals surface area (Å²) in [6.45, 7) is 4.56. The Kier molecular flexibility index (Phi) is 6.14. The molecular weight excluding hydrogens is 538 g/mol. The molecule has 3 fully saturated rings. The molecule has 1 N–H and O–H groups in total. The molecule has 0 aromatic heterocycles. The number of halogens is 2. The summed E-state index contributed by atoms with van der Waals surface area (Å²) in [5, 5.41) is 10.6. The minimum absolute atomic E-state index is 0.497. The number of aromatic hydroxyl groups is 1. The van der Waals surface area contributed by atoms with Gasteiger partial charge >= 0.3 is 0 Å². The maximum absolute atomic E-state index is 10.6. The lowest BCUT2D eigenvalue weighted by Crippen LogP contribution is -2.59. The molecule has 2 atom stereocenters. The molecule has 4 rings (SSSR count). The molecule has 138 valence electrons. The summed E-state index contributed by atoms with van der Waals surface area (Å²) in [5.41, 5.74) is 1.11. The van der Waals surface area contributed by atoms with Crippen molar-refractivity contribution >= 4 is 45.2 Å². The van der Waals surface area contributed by atoms with Gasteiger partial charge in [-0.05, 0) is 95.5 Å². The number of phenols is 1. The summed E-state index contributed by atoms with van der Waals surface area (Å²) in [4.78, 5) is 5.48. The fourth-order valence-corrected chi connectivity index (χ4v) is 7.36. The molecule has 0 bridgehead atoms. The Bertz CT molecular complexity index is 618. The van der Waals surface area contributed by atoms with Crippen LogP contribution in [0.2, 0.25) is 0 Å². The number of hydrogen-bond donors (Lipinski definition) is 1. The molecule has 1 aliphatic carbocycles. The van der Waals surface area contributed by atoms with Crippen molar-refractivity contribution in [2.24, 2.45) is 5.92 Å². The predicted molar refractivity (Wildman–Crippen MR) is 119 cm³/mol. The average molecular weight is 566 g/mol. The van der Waals surface area contributed by atoms with E-state index in [2.05, 4.69) is 67.1 Å². The van der Waals surface area contributed by atoms with E-state index in [4.69, 9.17) is 0 Å². The smallest absolute Gasteiger partial charge is 0.133 e. The first-order valence-electron chi connectivity index (χ1n) is 9.78. The monoisotopic (exact) mass is 566 g/mol. The zero-order valence-corrected chi connectivity index (χ0v) is 19.1. The fourth-order valence-electron chi connectivity index (χ4n) is 5.40. The molecule has 2 saturated heterocycles. The molecule has 0 amide bonds. The summed E-state index contributed by atoms with van der Waals surface area (Å²) in [6, 6.07) is 5.68. The number of rotatable bonds is 3. The Hall–Kier alpha value is 0.400. The zero-order chi connectivity index (χ0) is 17.4. The average Bonchev–Trinajstić information content (AvgIpc) is 3.08. The van der Waals surface area contributed by atoms with Crippen LogP contribution in [0.3, 0.4) is 0 Å². The topological polar surface area (TPSA) is 26.7 Å². The van der Waals surface area contributed by atoms with E-state index >= 15 is 0 Å². The number of hydrogen-bond acceptors (Lipinski definition) is 3. The molecule has 3 aliphatic rings. The van der Waals surface area contributed by atoms with Gasteiger partial charge in [0.15, 0.2) is 0 Å². The molecule has 2 heterocycles. The Morgan fingerprint density at radius 3 is 2.56 bits per heavy atom. The second kappa shape index (κ2) is 8.19. The number of nitrogens with zero attached hydrogens (tertiary/aromatic N) is 2. The lowest BCUT2D eigenvalue weighted by molar-refractivity contribution is -0.00414.